The Morgan fingerprint density at radius 1 is 1.45 bits per heavy atom. The normalized spacial score (nSPS) is 17.5. The van der Waals surface area contributed by atoms with Crippen LogP contribution < -0.4 is 15.4 Å². The van der Waals surface area contributed by atoms with Crippen molar-refractivity contribution in [1.82, 2.24) is 20.4 Å². The van der Waals surface area contributed by atoms with E-state index in [1.807, 2.05) is 31.3 Å². The van der Waals surface area contributed by atoms with Crippen LogP contribution in [0.15, 0.2) is 30.3 Å². The van der Waals surface area contributed by atoms with Crippen LogP contribution >= 0.6 is 0 Å². The molecule has 1 aliphatic rings. The van der Waals surface area contributed by atoms with Crippen molar-refractivity contribution >= 4 is 5.91 Å². The van der Waals surface area contributed by atoms with Gasteiger partial charge in [-0.2, -0.15) is 5.10 Å². The second-order valence-corrected chi connectivity index (χ2v) is 4.61. The van der Waals surface area contributed by atoms with Gasteiger partial charge in [-0.3, -0.25) is 10.1 Å². The number of carbonyl (C=O) groups is 1. The number of nitrogens with zero attached hydrogens (tertiary/aromatic N) is 2. The first-order valence-electron chi connectivity index (χ1n) is 6.42. The topological polar surface area (TPSA) is 68.2 Å². The summed E-state index contributed by atoms with van der Waals surface area (Å²) in [6.45, 7) is 0.529. The summed E-state index contributed by atoms with van der Waals surface area (Å²) >= 11 is 0. The Balaban J connectivity index is 2.05. The second kappa shape index (κ2) is 4.97. The van der Waals surface area contributed by atoms with Crippen LogP contribution in [0.4, 0.5) is 0 Å². The first kappa shape index (κ1) is 12.7. The zero-order valence-corrected chi connectivity index (χ0v) is 11.4. The van der Waals surface area contributed by atoms with Gasteiger partial charge in [0.1, 0.15) is 17.6 Å². The maximum atomic E-state index is 11.9. The monoisotopic (exact) mass is 272 g/mol. The molecule has 0 bridgehead atoms. The summed E-state index contributed by atoms with van der Waals surface area (Å²) in [5, 5.41) is 10.5. The molecule has 1 aliphatic heterocycles. The number of carbonyl (C=O) groups excluding carboxylic acids is 1. The van der Waals surface area contributed by atoms with Gasteiger partial charge in [0.25, 0.3) is 5.91 Å². The van der Waals surface area contributed by atoms with E-state index in [9.17, 15) is 4.79 Å². The Bertz CT molecular complexity index is 650. The van der Waals surface area contributed by atoms with Crippen molar-refractivity contribution in [2.75, 3.05) is 20.7 Å². The minimum atomic E-state index is -0.0989. The Kier molecular flexibility index (Phi) is 3.15. The molecule has 2 N–H and O–H groups in total. The van der Waals surface area contributed by atoms with Crippen LogP contribution in [0.5, 0.6) is 5.75 Å². The Labute approximate surface area is 116 Å². The summed E-state index contributed by atoms with van der Waals surface area (Å²) in [5.74, 6) is 0.668. The molecule has 2 aromatic rings. The van der Waals surface area contributed by atoms with Gasteiger partial charge in [-0.1, -0.05) is 12.1 Å². The van der Waals surface area contributed by atoms with Gasteiger partial charge >= 0.3 is 0 Å². The fourth-order valence-corrected chi connectivity index (χ4v) is 2.32. The van der Waals surface area contributed by atoms with E-state index in [2.05, 4.69) is 15.7 Å². The number of amides is 1. The molecule has 3 rings (SSSR count). The van der Waals surface area contributed by atoms with E-state index in [1.165, 1.54) is 0 Å². The van der Waals surface area contributed by atoms with E-state index in [4.69, 9.17) is 4.74 Å². The average molecular weight is 272 g/mol. The van der Waals surface area contributed by atoms with Crippen LogP contribution in [-0.2, 0) is 0 Å². The van der Waals surface area contributed by atoms with Crippen molar-refractivity contribution in [3.63, 3.8) is 0 Å². The number of nitrogens with one attached hydrogen (secondary N) is 2. The number of methoxy groups -OCH3 is 1. The van der Waals surface area contributed by atoms with Gasteiger partial charge in [0.2, 0.25) is 0 Å². The molecule has 0 fully saturated rings. The number of benzene rings is 1. The van der Waals surface area contributed by atoms with E-state index in [-0.39, 0.29) is 12.1 Å². The molecule has 104 valence electrons. The Morgan fingerprint density at radius 3 is 3.05 bits per heavy atom. The lowest BCUT2D eigenvalue weighted by molar-refractivity contribution is 0.0903. The molecule has 1 aromatic heterocycles. The zero-order chi connectivity index (χ0) is 14.1. The van der Waals surface area contributed by atoms with Crippen molar-refractivity contribution in [3.8, 4) is 17.0 Å². The molecular formula is C14H16N4O2. The zero-order valence-electron chi connectivity index (χ0n) is 11.4. The van der Waals surface area contributed by atoms with Gasteiger partial charge in [-0.05, 0) is 25.2 Å². The number of aromatic nitrogens is 2. The van der Waals surface area contributed by atoms with Gasteiger partial charge in [0, 0.05) is 5.56 Å². The highest BCUT2D eigenvalue weighted by molar-refractivity contribution is 5.94. The summed E-state index contributed by atoms with van der Waals surface area (Å²) in [6.07, 6.45) is -0.0259. The molecule has 0 spiro atoms. The molecule has 0 saturated carbocycles. The van der Waals surface area contributed by atoms with Crippen molar-refractivity contribution < 1.29 is 9.53 Å². The standard InChI is InChI=1S/C14H16N4O2/c1-15-13-8-16-14(19)12-7-11(17-18(12)13)9-4-3-5-10(6-9)20-2/h3-7,13,15H,8H2,1-2H3,(H,16,19)/t13-/m0/s1. The maximum Gasteiger partial charge on any atom is 0.269 e. The van der Waals surface area contributed by atoms with E-state index in [0.29, 0.717) is 12.2 Å². The maximum absolute atomic E-state index is 11.9. The lowest BCUT2D eigenvalue weighted by Gasteiger charge is -2.24. The molecule has 6 nitrogen and oxygen atoms in total. The number of likely N-dealkylation sites (N-methyl/N-ethyl adjacent to an activating group) is 1. The van der Waals surface area contributed by atoms with Crippen molar-refractivity contribution in [3.05, 3.63) is 36.0 Å². The molecule has 20 heavy (non-hydrogen) atoms. The number of rotatable bonds is 3. The third-order valence-electron chi connectivity index (χ3n) is 3.42. The highest BCUT2D eigenvalue weighted by Gasteiger charge is 2.26. The second-order valence-electron chi connectivity index (χ2n) is 4.61. The summed E-state index contributed by atoms with van der Waals surface area (Å²) in [6, 6.07) is 9.43. The molecule has 0 radical (unpaired) electrons. The molecule has 2 heterocycles. The Hall–Kier alpha value is -2.34. The summed E-state index contributed by atoms with van der Waals surface area (Å²) < 4.78 is 6.95. The first-order chi connectivity index (χ1) is 9.72. The minimum Gasteiger partial charge on any atom is -0.497 e. The fourth-order valence-electron chi connectivity index (χ4n) is 2.32. The Morgan fingerprint density at radius 2 is 2.30 bits per heavy atom. The highest BCUT2D eigenvalue weighted by atomic mass is 16.5. The van der Waals surface area contributed by atoms with Gasteiger partial charge in [-0.15, -0.1) is 0 Å². The molecule has 1 atom stereocenters. The average Bonchev–Trinajstić information content (AvgIpc) is 2.94. The van der Waals surface area contributed by atoms with Crippen LogP contribution in [0.2, 0.25) is 0 Å². The summed E-state index contributed by atoms with van der Waals surface area (Å²) in [7, 11) is 3.47. The summed E-state index contributed by atoms with van der Waals surface area (Å²) in [4.78, 5) is 11.9. The highest BCUT2D eigenvalue weighted by Crippen LogP contribution is 2.25. The quantitative estimate of drug-likeness (QED) is 0.875. The minimum absolute atomic E-state index is 0.0259. The van der Waals surface area contributed by atoms with Gasteiger partial charge in [0.15, 0.2) is 0 Å². The SMILES string of the molecule is CN[C@@H]1CNC(=O)c2cc(-c3cccc(OC)c3)nn21. The molecule has 0 unspecified atom stereocenters. The number of hydrogen-bond acceptors (Lipinski definition) is 4. The lowest BCUT2D eigenvalue weighted by atomic mass is 10.1. The van der Waals surface area contributed by atoms with Crippen molar-refractivity contribution in [1.29, 1.82) is 0 Å². The number of hydrogen-bond donors (Lipinski definition) is 2. The van der Waals surface area contributed by atoms with E-state index in [0.717, 1.165) is 17.0 Å². The number of fused-ring (bicyclic) bond motifs is 1. The van der Waals surface area contributed by atoms with Crippen LogP contribution in [0.25, 0.3) is 11.3 Å². The molecule has 1 amide bonds. The van der Waals surface area contributed by atoms with Crippen LogP contribution in [0, 0.1) is 0 Å². The van der Waals surface area contributed by atoms with Crippen LogP contribution in [-0.4, -0.2) is 36.4 Å². The smallest absolute Gasteiger partial charge is 0.269 e. The van der Waals surface area contributed by atoms with Gasteiger partial charge in [-0.25, -0.2) is 4.68 Å². The molecule has 0 aliphatic carbocycles. The molecule has 6 heteroatoms. The van der Waals surface area contributed by atoms with Gasteiger partial charge in [0.05, 0.1) is 19.3 Å². The first-order valence-corrected chi connectivity index (χ1v) is 6.42. The van der Waals surface area contributed by atoms with Gasteiger partial charge < -0.3 is 10.1 Å². The summed E-state index contributed by atoms with van der Waals surface area (Å²) in [5.41, 5.74) is 2.25. The van der Waals surface area contributed by atoms with E-state index < -0.39 is 0 Å². The van der Waals surface area contributed by atoms with E-state index >= 15 is 0 Å². The van der Waals surface area contributed by atoms with Crippen LogP contribution in [0.1, 0.15) is 16.7 Å². The molecule has 1 aromatic carbocycles. The number of ether oxygens (including phenoxy) is 1. The third kappa shape index (κ3) is 2.04. The van der Waals surface area contributed by atoms with Crippen LogP contribution in [0.3, 0.4) is 0 Å². The molecular weight excluding hydrogens is 256 g/mol. The third-order valence-corrected chi connectivity index (χ3v) is 3.42. The van der Waals surface area contributed by atoms with Crippen molar-refractivity contribution in [2.24, 2.45) is 0 Å². The lowest BCUT2D eigenvalue weighted by Crippen LogP contribution is -2.44. The molecule has 0 saturated heterocycles. The van der Waals surface area contributed by atoms with Crippen molar-refractivity contribution in [2.45, 2.75) is 6.17 Å². The largest absolute Gasteiger partial charge is 0.497 e. The predicted molar refractivity (Wildman–Crippen MR) is 74.6 cm³/mol. The predicted octanol–water partition coefficient (Wildman–Crippen LogP) is 1.02. The van der Waals surface area contributed by atoms with E-state index in [1.54, 1.807) is 17.9 Å². The fraction of sp³-hybridized carbons (Fsp3) is 0.286.